The molecule has 6 nitrogen and oxygen atoms in total. The maximum Gasteiger partial charge on any atom is 0.435 e. The van der Waals surface area contributed by atoms with Crippen molar-refractivity contribution in [2.45, 2.75) is 25.1 Å². The topological polar surface area (TPSA) is 72.3 Å². The van der Waals surface area contributed by atoms with E-state index in [9.17, 15) is 18.0 Å². The molecule has 1 aliphatic rings. The number of alkyl halides is 3. The number of carbonyl (C=O) groups is 1. The van der Waals surface area contributed by atoms with Gasteiger partial charge in [-0.05, 0) is 59.3 Å². The van der Waals surface area contributed by atoms with Gasteiger partial charge in [0.1, 0.15) is 13.4 Å². The number of nitrogens with zero attached hydrogens (tertiary/aromatic N) is 2. The van der Waals surface area contributed by atoms with Crippen molar-refractivity contribution in [3.8, 4) is 0 Å². The molecule has 0 bridgehead atoms. The van der Waals surface area contributed by atoms with Crippen molar-refractivity contribution in [3.63, 3.8) is 0 Å². The van der Waals surface area contributed by atoms with E-state index >= 15 is 0 Å². The van der Waals surface area contributed by atoms with Gasteiger partial charge in [0.25, 0.3) is 11.5 Å². The number of hydrogen-bond donors (Lipinski definition) is 1. The molecule has 1 N–H and O–H groups in total. The first-order valence-corrected chi connectivity index (χ1v) is 10.3. The fourth-order valence-electron chi connectivity index (χ4n) is 3.12. The fourth-order valence-corrected chi connectivity index (χ4v) is 4.17. The van der Waals surface area contributed by atoms with Gasteiger partial charge in [-0.3, -0.25) is 4.79 Å². The van der Waals surface area contributed by atoms with E-state index in [4.69, 9.17) is 16.4 Å². The third-order valence-corrected chi connectivity index (χ3v) is 5.71. The highest BCUT2D eigenvalue weighted by atomic mass is 127. The number of aryl methyl sites for hydroxylation is 1. The number of oxime groups is 2. The lowest BCUT2D eigenvalue weighted by Crippen LogP contribution is -2.42. The second-order valence-electron chi connectivity index (χ2n) is 6.73. The Balaban J connectivity index is 1.91. The van der Waals surface area contributed by atoms with Crippen LogP contribution in [0.4, 0.5) is 13.2 Å². The molecule has 0 saturated heterocycles. The number of nitrogens with one attached hydrogen (secondary N) is 1. The highest BCUT2D eigenvalue weighted by molar-refractivity contribution is 14.1. The van der Waals surface area contributed by atoms with Crippen LogP contribution in [0.5, 0.6) is 0 Å². The Hall–Kier alpha value is -2.34. The molecule has 2 aromatic carbocycles. The summed E-state index contributed by atoms with van der Waals surface area (Å²) in [6.07, 6.45) is -4.17. The van der Waals surface area contributed by atoms with Crippen molar-refractivity contribution in [2.24, 2.45) is 10.3 Å². The molecule has 2 aromatic rings. The van der Waals surface area contributed by atoms with E-state index < -0.39 is 24.1 Å². The van der Waals surface area contributed by atoms with Gasteiger partial charge >= 0.3 is 6.18 Å². The zero-order chi connectivity index (χ0) is 22.8. The van der Waals surface area contributed by atoms with Crippen LogP contribution < -0.4 is 5.32 Å². The second kappa shape index (κ2) is 9.03. The van der Waals surface area contributed by atoms with Gasteiger partial charge in [0.15, 0.2) is 0 Å². The lowest BCUT2D eigenvalue weighted by atomic mass is 9.86. The second-order valence-corrected chi connectivity index (χ2v) is 8.33. The molecular weight excluding hydrogens is 550 g/mol. The third-order valence-electron chi connectivity index (χ3n) is 4.60. The lowest BCUT2D eigenvalue weighted by molar-refractivity contribution is -0.275. The zero-order valence-electron chi connectivity index (χ0n) is 16.3. The van der Waals surface area contributed by atoms with Crippen LogP contribution in [-0.2, 0) is 15.3 Å². The molecule has 1 unspecified atom stereocenters. The molecule has 31 heavy (non-hydrogen) atoms. The van der Waals surface area contributed by atoms with E-state index in [1.165, 1.54) is 31.4 Å². The average molecular weight is 566 g/mol. The first-order chi connectivity index (χ1) is 14.6. The first kappa shape index (κ1) is 23.3. The molecule has 164 valence electrons. The third kappa shape index (κ3) is 4.79. The standard InChI is InChI=1S/C20H16ClF3IN3O3/c1-11-5-13(8-14(21)6-11)19(20(22,23)24)9-17(28-31-19)12-3-4-15(16(25)7-12)18(29)26-10-27-30-2/h3-8,10H,9H2,1-2H3,(H,26,27,29). The summed E-state index contributed by atoms with van der Waals surface area (Å²) in [7, 11) is 1.33. The van der Waals surface area contributed by atoms with Crippen LogP contribution in [0, 0.1) is 10.5 Å². The number of hydrogen-bond acceptors (Lipinski definition) is 5. The van der Waals surface area contributed by atoms with E-state index in [0.29, 0.717) is 20.3 Å². The maximum absolute atomic E-state index is 14.1. The summed E-state index contributed by atoms with van der Waals surface area (Å²) in [6, 6.07) is 8.77. The molecule has 0 aromatic heterocycles. The van der Waals surface area contributed by atoms with Gasteiger partial charge in [-0.2, -0.15) is 13.2 Å². The van der Waals surface area contributed by atoms with Gasteiger partial charge in [-0.25, -0.2) is 0 Å². The molecule has 11 heteroatoms. The molecule has 0 aliphatic carbocycles. The van der Waals surface area contributed by atoms with Crippen LogP contribution in [0.25, 0.3) is 0 Å². The lowest BCUT2D eigenvalue weighted by Gasteiger charge is -2.29. The Bertz CT molecular complexity index is 1060. The molecule has 3 rings (SSSR count). The Morgan fingerprint density at radius 3 is 2.71 bits per heavy atom. The van der Waals surface area contributed by atoms with E-state index in [1.807, 2.05) is 22.6 Å². The van der Waals surface area contributed by atoms with Crippen LogP contribution >= 0.6 is 34.2 Å². The monoisotopic (exact) mass is 565 g/mol. The van der Waals surface area contributed by atoms with Crippen LogP contribution in [0.15, 0.2) is 46.7 Å². The number of halogens is 5. The number of amides is 1. The summed E-state index contributed by atoms with van der Waals surface area (Å²) in [5.41, 5.74) is -1.34. The van der Waals surface area contributed by atoms with Crippen molar-refractivity contribution in [3.05, 3.63) is 67.2 Å². The maximum atomic E-state index is 14.1. The van der Waals surface area contributed by atoms with Gasteiger partial charge in [0.05, 0.1) is 11.3 Å². The minimum absolute atomic E-state index is 0.112. The number of benzene rings is 2. The summed E-state index contributed by atoms with van der Waals surface area (Å²) in [6.45, 7) is 1.65. The fraction of sp³-hybridized carbons (Fsp3) is 0.250. The average Bonchev–Trinajstić information content (AvgIpc) is 3.14. The normalized spacial score (nSPS) is 18.6. The van der Waals surface area contributed by atoms with Crippen molar-refractivity contribution in [1.82, 2.24) is 5.32 Å². The number of rotatable bonds is 5. The quantitative estimate of drug-likeness (QED) is 0.236. The predicted octanol–water partition coefficient (Wildman–Crippen LogP) is 5.15. The Labute approximate surface area is 194 Å². The van der Waals surface area contributed by atoms with Gasteiger partial charge < -0.3 is 15.0 Å². The molecule has 0 spiro atoms. The Morgan fingerprint density at radius 2 is 2.10 bits per heavy atom. The molecule has 1 aliphatic heterocycles. The van der Waals surface area contributed by atoms with Crippen LogP contribution in [-0.4, -0.2) is 31.2 Å². The molecule has 1 atom stereocenters. The van der Waals surface area contributed by atoms with Gasteiger partial charge in [-0.1, -0.05) is 34.0 Å². The summed E-state index contributed by atoms with van der Waals surface area (Å²) in [5.74, 6) is -0.444. The van der Waals surface area contributed by atoms with Crippen molar-refractivity contribution >= 4 is 52.1 Å². The predicted molar refractivity (Wildman–Crippen MR) is 118 cm³/mol. The molecular formula is C20H16ClF3IN3O3. The van der Waals surface area contributed by atoms with Gasteiger partial charge in [-0.15, -0.1) is 0 Å². The van der Waals surface area contributed by atoms with E-state index in [2.05, 4.69) is 20.5 Å². The highest BCUT2D eigenvalue weighted by Gasteiger charge is 2.62. The Kier molecular flexibility index (Phi) is 6.79. The summed E-state index contributed by atoms with van der Waals surface area (Å²) >= 11 is 7.91. The van der Waals surface area contributed by atoms with E-state index in [0.717, 1.165) is 6.34 Å². The molecule has 1 amide bonds. The Morgan fingerprint density at radius 1 is 1.35 bits per heavy atom. The highest BCUT2D eigenvalue weighted by Crippen LogP contribution is 2.49. The van der Waals surface area contributed by atoms with Crippen molar-refractivity contribution < 1.29 is 27.6 Å². The smallest absolute Gasteiger partial charge is 0.398 e. The van der Waals surface area contributed by atoms with E-state index in [-0.39, 0.29) is 16.3 Å². The summed E-state index contributed by atoms with van der Waals surface area (Å²) in [4.78, 5) is 21.7. The minimum atomic E-state index is -4.73. The van der Waals surface area contributed by atoms with Gasteiger partial charge in [0, 0.05) is 26.1 Å². The van der Waals surface area contributed by atoms with Crippen LogP contribution in [0.2, 0.25) is 5.02 Å². The molecule has 0 saturated carbocycles. The van der Waals surface area contributed by atoms with Crippen molar-refractivity contribution in [2.75, 3.05) is 7.11 Å². The van der Waals surface area contributed by atoms with Crippen molar-refractivity contribution in [1.29, 1.82) is 0 Å². The van der Waals surface area contributed by atoms with Gasteiger partial charge in [0.2, 0.25) is 0 Å². The summed E-state index contributed by atoms with van der Waals surface area (Å²) < 4.78 is 42.9. The van der Waals surface area contributed by atoms with Crippen LogP contribution in [0.1, 0.15) is 33.5 Å². The molecule has 1 heterocycles. The zero-order valence-corrected chi connectivity index (χ0v) is 19.2. The minimum Gasteiger partial charge on any atom is -0.398 e. The largest absolute Gasteiger partial charge is 0.435 e. The first-order valence-electron chi connectivity index (χ1n) is 8.82. The van der Waals surface area contributed by atoms with E-state index in [1.54, 1.807) is 19.1 Å². The molecule has 0 radical (unpaired) electrons. The molecule has 0 fully saturated rings. The number of carbonyl (C=O) groups excluding carboxylic acids is 1. The van der Waals surface area contributed by atoms with Crippen LogP contribution in [0.3, 0.4) is 0 Å². The SMILES string of the molecule is CO/N=C\NC(=O)c1ccc(C2=NOC(c3cc(C)cc(Cl)c3)(C(F)(F)F)C2)cc1I. The summed E-state index contributed by atoms with van der Waals surface area (Å²) in [5, 5.41) is 9.76.